The number of piperidine rings is 1. The second-order valence-corrected chi connectivity index (χ2v) is 8.42. The van der Waals surface area contributed by atoms with Crippen molar-refractivity contribution in [3.05, 3.63) is 76.3 Å². The molecule has 0 aliphatic carbocycles. The van der Waals surface area contributed by atoms with Crippen molar-refractivity contribution in [2.45, 2.75) is 19.8 Å². The van der Waals surface area contributed by atoms with Crippen molar-refractivity contribution in [1.29, 1.82) is 0 Å². The van der Waals surface area contributed by atoms with Crippen molar-refractivity contribution >= 4 is 44.2 Å². The number of aryl methyl sites for hydroxylation is 1. The number of amides is 2. The van der Waals surface area contributed by atoms with Crippen LogP contribution in [-0.4, -0.2) is 29.8 Å². The fourth-order valence-electron chi connectivity index (χ4n) is 3.88. The van der Waals surface area contributed by atoms with E-state index in [-0.39, 0.29) is 17.7 Å². The van der Waals surface area contributed by atoms with Crippen LogP contribution in [0.25, 0.3) is 10.8 Å². The molecule has 148 valence electrons. The number of carbonyl (C=O) groups excluding carboxylic acids is 2. The first-order valence-corrected chi connectivity index (χ1v) is 10.7. The van der Waals surface area contributed by atoms with Crippen LogP contribution in [0, 0.1) is 12.8 Å². The van der Waals surface area contributed by atoms with Gasteiger partial charge in [-0.25, -0.2) is 0 Å². The summed E-state index contributed by atoms with van der Waals surface area (Å²) in [7, 11) is 0. The Morgan fingerprint density at radius 2 is 1.72 bits per heavy atom. The summed E-state index contributed by atoms with van der Waals surface area (Å²) in [6.45, 7) is 3.20. The summed E-state index contributed by atoms with van der Waals surface area (Å²) in [6, 6.07) is 19.7. The molecule has 0 spiro atoms. The molecule has 1 N–H and O–H groups in total. The van der Waals surface area contributed by atoms with Crippen LogP contribution >= 0.6 is 15.9 Å². The van der Waals surface area contributed by atoms with Gasteiger partial charge in [0.05, 0.1) is 5.69 Å². The summed E-state index contributed by atoms with van der Waals surface area (Å²) in [5, 5.41) is 5.06. The molecule has 0 bridgehead atoms. The fourth-order valence-corrected chi connectivity index (χ4v) is 4.48. The smallest absolute Gasteiger partial charge is 0.254 e. The third-order valence-electron chi connectivity index (χ3n) is 5.56. The topological polar surface area (TPSA) is 49.4 Å². The van der Waals surface area contributed by atoms with E-state index in [1.807, 2.05) is 72.5 Å². The van der Waals surface area contributed by atoms with Gasteiger partial charge in [-0.15, -0.1) is 0 Å². The van der Waals surface area contributed by atoms with E-state index in [0.717, 1.165) is 32.1 Å². The van der Waals surface area contributed by atoms with Crippen LogP contribution in [0.4, 0.5) is 5.69 Å². The van der Waals surface area contributed by atoms with E-state index in [4.69, 9.17) is 0 Å². The molecule has 0 saturated carbocycles. The Labute approximate surface area is 179 Å². The second-order valence-electron chi connectivity index (χ2n) is 7.57. The predicted molar refractivity (Wildman–Crippen MR) is 120 cm³/mol. The number of nitrogens with zero attached hydrogens (tertiary/aromatic N) is 1. The Kier molecular flexibility index (Phi) is 5.67. The lowest BCUT2D eigenvalue weighted by Gasteiger charge is -2.31. The number of benzene rings is 3. The third-order valence-corrected chi connectivity index (χ3v) is 6.21. The highest BCUT2D eigenvalue weighted by atomic mass is 79.9. The first-order chi connectivity index (χ1) is 14.0. The van der Waals surface area contributed by atoms with Crippen LogP contribution < -0.4 is 5.32 Å². The van der Waals surface area contributed by atoms with Crippen molar-refractivity contribution in [2.75, 3.05) is 18.4 Å². The maximum atomic E-state index is 13.1. The summed E-state index contributed by atoms with van der Waals surface area (Å²) in [4.78, 5) is 27.6. The van der Waals surface area contributed by atoms with E-state index in [0.29, 0.717) is 25.9 Å². The first-order valence-electron chi connectivity index (χ1n) is 9.87. The van der Waals surface area contributed by atoms with Gasteiger partial charge in [-0.05, 0) is 70.2 Å². The van der Waals surface area contributed by atoms with Crippen LogP contribution in [0.1, 0.15) is 28.8 Å². The maximum absolute atomic E-state index is 13.1. The van der Waals surface area contributed by atoms with Crippen molar-refractivity contribution in [2.24, 2.45) is 5.92 Å². The van der Waals surface area contributed by atoms with Crippen LogP contribution in [0.5, 0.6) is 0 Å². The third kappa shape index (κ3) is 4.20. The van der Waals surface area contributed by atoms with Gasteiger partial charge in [0.15, 0.2) is 0 Å². The number of nitrogens with one attached hydrogen (secondary N) is 1. The van der Waals surface area contributed by atoms with E-state index in [9.17, 15) is 9.59 Å². The van der Waals surface area contributed by atoms with Crippen LogP contribution in [0.2, 0.25) is 0 Å². The lowest BCUT2D eigenvalue weighted by atomic mass is 9.94. The Balaban J connectivity index is 1.41. The molecular formula is C24H23BrN2O2. The van der Waals surface area contributed by atoms with Crippen LogP contribution in [0.15, 0.2) is 65.1 Å². The summed E-state index contributed by atoms with van der Waals surface area (Å²) < 4.78 is 0.884. The average molecular weight is 451 g/mol. The summed E-state index contributed by atoms with van der Waals surface area (Å²) >= 11 is 3.51. The van der Waals surface area contributed by atoms with E-state index in [1.165, 1.54) is 0 Å². The quantitative estimate of drug-likeness (QED) is 0.580. The highest BCUT2D eigenvalue weighted by molar-refractivity contribution is 9.10. The van der Waals surface area contributed by atoms with Gasteiger partial charge < -0.3 is 10.2 Å². The van der Waals surface area contributed by atoms with E-state index >= 15 is 0 Å². The number of halogens is 1. The minimum Gasteiger partial charge on any atom is -0.339 e. The van der Waals surface area contributed by atoms with Crippen molar-refractivity contribution < 1.29 is 9.59 Å². The SMILES string of the molecule is Cc1ccc(NC(=O)C2CCN(C(=O)c3cccc4ccccc34)CC2)c(Br)c1. The highest BCUT2D eigenvalue weighted by Crippen LogP contribution is 2.27. The lowest BCUT2D eigenvalue weighted by Crippen LogP contribution is -2.41. The first kappa shape index (κ1) is 19.6. The Morgan fingerprint density at radius 1 is 1.00 bits per heavy atom. The van der Waals surface area contributed by atoms with Crippen molar-refractivity contribution in [3.8, 4) is 0 Å². The predicted octanol–water partition coefficient (Wildman–Crippen LogP) is 5.40. The molecule has 3 aromatic carbocycles. The molecular weight excluding hydrogens is 428 g/mol. The number of hydrogen-bond donors (Lipinski definition) is 1. The van der Waals surface area contributed by atoms with Gasteiger partial charge in [0.25, 0.3) is 5.91 Å². The van der Waals surface area contributed by atoms with Gasteiger partial charge in [-0.1, -0.05) is 42.5 Å². The Morgan fingerprint density at radius 3 is 2.48 bits per heavy atom. The summed E-state index contributed by atoms with van der Waals surface area (Å²) in [6.07, 6.45) is 1.34. The molecule has 0 unspecified atom stereocenters. The molecule has 4 rings (SSSR count). The zero-order valence-electron chi connectivity index (χ0n) is 16.3. The number of anilines is 1. The summed E-state index contributed by atoms with van der Waals surface area (Å²) in [5.41, 5.74) is 2.65. The van der Waals surface area contributed by atoms with Crippen LogP contribution in [-0.2, 0) is 4.79 Å². The van der Waals surface area contributed by atoms with E-state index < -0.39 is 0 Å². The van der Waals surface area contributed by atoms with Gasteiger partial charge in [-0.2, -0.15) is 0 Å². The standard InChI is InChI=1S/C24H23BrN2O2/c1-16-9-10-22(21(25)15-16)26-23(28)18-11-13-27(14-12-18)24(29)20-8-4-6-17-5-2-3-7-19(17)20/h2-10,15,18H,11-14H2,1H3,(H,26,28). The van der Waals surface area contributed by atoms with Crippen molar-refractivity contribution in [1.82, 2.24) is 4.90 Å². The van der Waals surface area contributed by atoms with Crippen LogP contribution in [0.3, 0.4) is 0 Å². The summed E-state index contributed by atoms with van der Waals surface area (Å²) in [5.74, 6) is -0.0199. The normalized spacial score (nSPS) is 14.8. The van der Waals surface area contributed by atoms with Crippen molar-refractivity contribution in [3.63, 3.8) is 0 Å². The lowest BCUT2D eigenvalue weighted by molar-refractivity contribution is -0.121. The second kappa shape index (κ2) is 8.37. The zero-order chi connectivity index (χ0) is 20.4. The number of likely N-dealkylation sites (tertiary alicyclic amines) is 1. The molecule has 5 heteroatoms. The van der Waals surface area contributed by atoms with E-state index in [1.54, 1.807) is 0 Å². The number of fused-ring (bicyclic) bond motifs is 1. The largest absolute Gasteiger partial charge is 0.339 e. The number of hydrogen-bond acceptors (Lipinski definition) is 2. The highest BCUT2D eigenvalue weighted by Gasteiger charge is 2.28. The minimum atomic E-state index is -0.0835. The van der Waals surface area contributed by atoms with E-state index in [2.05, 4.69) is 21.2 Å². The molecule has 1 fully saturated rings. The van der Waals surface area contributed by atoms with Gasteiger partial charge >= 0.3 is 0 Å². The fraction of sp³-hybridized carbons (Fsp3) is 0.250. The van der Waals surface area contributed by atoms with Gasteiger partial charge in [0.2, 0.25) is 5.91 Å². The number of carbonyl (C=O) groups is 2. The molecule has 0 radical (unpaired) electrons. The van der Waals surface area contributed by atoms with Gasteiger partial charge in [0.1, 0.15) is 0 Å². The Bertz CT molecular complexity index is 1070. The minimum absolute atomic E-state index is 0.0202. The molecule has 1 aliphatic rings. The monoisotopic (exact) mass is 450 g/mol. The zero-order valence-corrected chi connectivity index (χ0v) is 17.9. The van der Waals surface area contributed by atoms with Gasteiger partial charge in [0, 0.05) is 29.0 Å². The van der Waals surface area contributed by atoms with Gasteiger partial charge in [-0.3, -0.25) is 9.59 Å². The molecule has 29 heavy (non-hydrogen) atoms. The molecule has 4 nitrogen and oxygen atoms in total. The molecule has 0 aromatic heterocycles. The molecule has 1 aliphatic heterocycles. The average Bonchev–Trinajstić information content (AvgIpc) is 2.75. The molecule has 1 saturated heterocycles. The maximum Gasteiger partial charge on any atom is 0.254 e. The Hall–Kier alpha value is -2.66. The molecule has 3 aromatic rings. The number of rotatable bonds is 3. The molecule has 0 atom stereocenters. The molecule has 1 heterocycles. The molecule has 2 amide bonds.